The summed E-state index contributed by atoms with van der Waals surface area (Å²) in [6.45, 7) is 0. The highest BCUT2D eigenvalue weighted by atomic mass is 35.5. The summed E-state index contributed by atoms with van der Waals surface area (Å²) in [6.07, 6.45) is 1.29. The van der Waals surface area contributed by atoms with Gasteiger partial charge in [-0.05, 0) is 12.1 Å². The van der Waals surface area contributed by atoms with Crippen LogP contribution in [-0.4, -0.2) is 19.5 Å². The number of imidazole rings is 1. The van der Waals surface area contributed by atoms with Gasteiger partial charge < -0.3 is 0 Å². The molecular weight excluding hydrogens is 275 g/mol. The van der Waals surface area contributed by atoms with Gasteiger partial charge in [0.25, 0.3) is 0 Å². The van der Waals surface area contributed by atoms with Crippen molar-refractivity contribution in [2.75, 3.05) is 0 Å². The lowest BCUT2D eigenvalue weighted by atomic mass is 10.3. The second kappa shape index (κ2) is 4.12. The van der Waals surface area contributed by atoms with Crippen LogP contribution in [0.1, 0.15) is 0 Å². The van der Waals surface area contributed by atoms with Crippen LogP contribution >= 0.6 is 23.2 Å². The molecule has 0 unspecified atom stereocenters. The highest BCUT2D eigenvalue weighted by Gasteiger charge is 2.15. The van der Waals surface area contributed by atoms with Crippen molar-refractivity contribution in [3.05, 3.63) is 51.3 Å². The Labute approximate surface area is 111 Å². The Hall–Kier alpha value is -1.85. The van der Waals surface area contributed by atoms with Gasteiger partial charge in [0.2, 0.25) is 0 Å². The molecule has 1 aromatic carbocycles. The number of halogens is 2. The summed E-state index contributed by atoms with van der Waals surface area (Å²) >= 11 is 12.1. The van der Waals surface area contributed by atoms with E-state index in [4.69, 9.17) is 23.2 Å². The van der Waals surface area contributed by atoms with E-state index >= 15 is 0 Å². The van der Waals surface area contributed by atoms with E-state index in [2.05, 4.69) is 15.0 Å². The van der Waals surface area contributed by atoms with E-state index in [9.17, 15) is 4.79 Å². The van der Waals surface area contributed by atoms with Gasteiger partial charge in [0.15, 0.2) is 10.8 Å². The summed E-state index contributed by atoms with van der Waals surface area (Å²) in [6, 6.07) is 6.98. The third-order valence-corrected chi connectivity index (χ3v) is 3.12. The number of aromatic nitrogens is 4. The number of nitrogens with zero attached hydrogens (tertiary/aromatic N) is 3. The summed E-state index contributed by atoms with van der Waals surface area (Å²) in [4.78, 5) is 22.4. The van der Waals surface area contributed by atoms with Gasteiger partial charge in [0.05, 0.1) is 10.7 Å². The fourth-order valence-corrected chi connectivity index (χ4v) is 2.21. The zero-order chi connectivity index (χ0) is 12.7. The maximum atomic E-state index is 12.0. The van der Waals surface area contributed by atoms with E-state index in [0.29, 0.717) is 21.9 Å². The van der Waals surface area contributed by atoms with E-state index < -0.39 is 0 Å². The number of benzene rings is 1. The van der Waals surface area contributed by atoms with Crippen LogP contribution in [0.5, 0.6) is 0 Å². The molecule has 90 valence electrons. The van der Waals surface area contributed by atoms with E-state index in [0.717, 1.165) is 0 Å². The van der Waals surface area contributed by atoms with Gasteiger partial charge in [-0.2, -0.15) is 0 Å². The molecule has 0 amide bonds. The number of hydrogen-bond donors (Lipinski definition) is 1. The van der Waals surface area contributed by atoms with Gasteiger partial charge in [-0.15, -0.1) is 0 Å². The molecule has 18 heavy (non-hydrogen) atoms. The summed E-state index contributed by atoms with van der Waals surface area (Å²) < 4.78 is 1.36. The molecule has 3 aromatic rings. The first-order valence-electron chi connectivity index (χ1n) is 5.04. The average molecular weight is 281 g/mol. The van der Waals surface area contributed by atoms with Crippen LogP contribution in [0.3, 0.4) is 0 Å². The van der Waals surface area contributed by atoms with Gasteiger partial charge in [0, 0.05) is 0 Å². The Morgan fingerprint density at radius 1 is 1.17 bits per heavy atom. The molecule has 7 heteroatoms. The van der Waals surface area contributed by atoms with Crippen LogP contribution in [0.25, 0.3) is 16.9 Å². The van der Waals surface area contributed by atoms with Crippen molar-refractivity contribution in [2.45, 2.75) is 0 Å². The number of fused-ring (bicyclic) bond motifs is 1. The minimum atomic E-state index is -0.361. The van der Waals surface area contributed by atoms with E-state index in [1.54, 1.807) is 24.3 Å². The van der Waals surface area contributed by atoms with Gasteiger partial charge in [0.1, 0.15) is 11.8 Å². The fourth-order valence-electron chi connectivity index (χ4n) is 1.77. The highest BCUT2D eigenvalue weighted by molar-refractivity contribution is 6.34. The topological polar surface area (TPSA) is 63.6 Å². The van der Waals surface area contributed by atoms with Crippen LogP contribution in [0, 0.1) is 0 Å². The number of hydrogen-bond acceptors (Lipinski definition) is 3. The third-order valence-electron chi connectivity index (χ3n) is 2.52. The first-order valence-corrected chi connectivity index (χ1v) is 5.80. The Kier molecular flexibility index (Phi) is 2.57. The smallest absolute Gasteiger partial charge is 0.290 e. The predicted molar refractivity (Wildman–Crippen MR) is 69.5 cm³/mol. The summed E-state index contributed by atoms with van der Waals surface area (Å²) in [5.74, 6) is 0. The standard InChI is InChI=1S/C11H6Cl2N4O/c12-6-3-1-2-4-7(6)17-8-9(13)14-5-15-10(8)16-11(17)18/h1-5H,(H,14,15,16,18). The second-order valence-electron chi connectivity index (χ2n) is 3.58. The van der Waals surface area contributed by atoms with Gasteiger partial charge in [-0.3, -0.25) is 9.55 Å². The molecule has 0 aliphatic carbocycles. The van der Waals surface area contributed by atoms with Crippen molar-refractivity contribution in [3.63, 3.8) is 0 Å². The number of aromatic amines is 1. The largest absolute Gasteiger partial charge is 0.332 e. The Bertz CT molecular complexity index is 793. The Morgan fingerprint density at radius 3 is 2.72 bits per heavy atom. The van der Waals surface area contributed by atoms with Crippen LogP contribution < -0.4 is 5.69 Å². The molecule has 0 atom stereocenters. The maximum Gasteiger partial charge on any atom is 0.332 e. The number of nitrogens with one attached hydrogen (secondary N) is 1. The molecule has 0 aliphatic heterocycles. The van der Waals surface area contributed by atoms with Crippen LogP contribution in [-0.2, 0) is 0 Å². The van der Waals surface area contributed by atoms with Crippen LogP contribution in [0.15, 0.2) is 35.4 Å². The molecule has 2 heterocycles. The lowest BCUT2D eigenvalue weighted by molar-refractivity contribution is 1.01. The number of H-pyrrole nitrogens is 1. The molecule has 0 bridgehead atoms. The maximum absolute atomic E-state index is 12.0. The Morgan fingerprint density at radius 2 is 1.94 bits per heavy atom. The molecule has 0 saturated carbocycles. The summed E-state index contributed by atoms with van der Waals surface area (Å²) in [5, 5.41) is 0.638. The lowest BCUT2D eigenvalue weighted by Crippen LogP contribution is -2.15. The van der Waals surface area contributed by atoms with Crippen molar-refractivity contribution in [2.24, 2.45) is 0 Å². The second-order valence-corrected chi connectivity index (χ2v) is 4.34. The first kappa shape index (κ1) is 11.3. The minimum Gasteiger partial charge on any atom is -0.290 e. The fraction of sp³-hybridized carbons (Fsp3) is 0. The van der Waals surface area contributed by atoms with E-state index in [-0.39, 0.29) is 10.8 Å². The van der Waals surface area contributed by atoms with Crippen molar-refractivity contribution in [3.8, 4) is 5.69 Å². The number of para-hydroxylation sites is 1. The quantitative estimate of drug-likeness (QED) is 0.697. The zero-order valence-electron chi connectivity index (χ0n) is 8.89. The first-order chi connectivity index (χ1) is 8.68. The molecule has 5 nitrogen and oxygen atoms in total. The van der Waals surface area contributed by atoms with Gasteiger partial charge in [-0.25, -0.2) is 14.8 Å². The molecule has 0 saturated heterocycles. The molecule has 1 N–H and O–H groups in total. The lowest BCUT2D eigenvalue weighted by Gasteiger charge is -2.05. The SMILES string of the molecule is O=c1[nH]c2ncnc(Cl)c2n1-c1ccccc1Cl. The molecule has 3 rings (SSSR count). The van der Waals surface area contributed by atoms with E-state index in [1.165, 1.54) is 10.9 Å². The minimum absolute atomic E-state index is 0.193. The third kappa shape index (κ3) is 1.60. The zero-order valence-corrected chi connectivity index (χ0v) is 10.4. The van der Waals surface area contributed by atoms with Crippen molar-refractivity contribution < 1.29 is 0 Å². The monoisotopic (exact) mass is 280 g/mol. The molecule has 0 fully saturated rings. The van der Waals surface area contributed by atoms with Gasteiger partial charge in [-0.1, -0.05) is 35.3 Å². The molecule has 0 spiro atoms. The van der Waals surface area contributed by atoms with E-state index in [1.807, 2.05) is 0 Å². The van der Waals surface area contributed by atoms with Gasteiger partial charge >= 0.3 is 5.69 Å². The van der Waals surface area contributed by atoms with Crippen LogP contribution in [0.4, 0.5) is 0 Å². The van der Waals surface area contributed by atoms with Crippen LogP contribution in [0.2, 0.25) is 10.2 Å². The summed E-state index contributed by atoms with van der Waals surface area (Å²) in [7, 11) is 0. The number of rotatable bonds is 1. The predicted octanol–water partition coefficient (Wildman–Crippen LogP) is 2.42. The van der Waals surface area contributed by atoms with Crippen molar-refractivity contribution in [1.82, 2.24) is 19.5 Å². The normalized spacial score (nSPS) is 11.0. The van der Waals surface area contributed by atoms with Crippen molar-refractivity contribution >= 4 is 34.4 Å². The highest BCUT2D eigenvalue weighted by Crippen LogP contribution is 2.24. The average Bonchev–Trinajstić information content (AvgIpc) is 2.68. The summed E-state index contributed by atoms with van der Waals surface area (Å²) in [5.41, 5.74) is 0.963. The molecule has 2 aromatic heterocycles. The Balaban J connectivity index is 2.47. The van der Waals surface area contributed by atoms with Crippen molar-refractivity contribution in [1.29, 1.82) is 0 Å². The molecular formula is C11H6Cl2N4O. The molecule has 0 aliphatic rings. The molecule has 0 radical (unpaired) electrons.